The molecule has 0 aromatic carbocycles. The largest absolute Gasteiger partial charge is 0.469 e. The maximum absolute atomic E-state index is 12.8. The van der Waals surface area contributed by atoms with Crippen molar-refractivity contribution in [3.63, 3.8) is 0 Å². The van der Waals surface area contributed by atoms with E-state index in [0.717, 1.165) is 6.07 Å². The molecule has 0 N–H and O–H groups in total. The van der Waals surface area contributed by atoms with Gasteiger partial charge in [-0.15, -0.1) is 0 Å². The topological polar surface area (TPSA) is 49.8 Å². The van der Waals surface area contributed by atoms with E-state index in [4.69, 9.17) is 18.9 Å². The van der Waals surface area contributed by atoms with Gasteiger partial charge >= 0.3 is 6.18 Å². The molecule has 1 aromatic heterocycles. The van der Waals surface area contributed by atoms with Crippen molar-refractivity contribution < 1.29 is 32.1 Å². The van der Waals surface area contributed by atoms with E-state index in [1.54, 1.807) is 20.8 Å². The van der Waals surface area contributed by atoms with Gasteiger partial charge in [-0.1, -0.05) is 6.07 Å². The minimum atomic E-state index is -4.53. The summed E-state index contributed by atoms with van der Waals surface area (Å²) in [5, 5.41) is 0. The van der Waals surface area contributed by atoms with E-state index in [9.17, 15) is 13.2 Å². The second-order valence-corrected chi connectivity index (χ2v) is 6.55. The standard InChI is InChI=1S/C16H20F3NO4/c1-8-12(14-13(9(2)21-8)23-15(3,4)24-14)22-11-7-5-6-10(20-11)16(17,18)19/h5-9,12-14H,1-4H3/t8-,9-,12+,13+,14-/m1/s1. The van der Waals surface area contributed by atoms with E-state index in [2.05, 4.69) is 4.98 Å². The Morgan fingerprint density at radius 3 is 2.42 bits per heavy atom. The zero-order valence-electron chi connectivity index (χ0n) is 13.8. The van der Waals surface area contributed by atoms with Crippen LogP contribution in [0.5, 0.6) is 5.88 Å². The van der Waals surface area contributed by atoms with Gasteiger partial charge in [-0.05, 0) is 33.8 Å². The molecule has 2 aliphatic heterocycles. The summed E-state index contributed by atoms with van der Waals surface area (Å²) in [6.45, 7) is 7.22. The third kappa shape index (κ3) is 3.36. The highest BCUT2D eigenvalue weighted by atomic mass is 19.4. The Balaban J connectivity index is 1.83. The lowest BCUT2D eigenvalue weighted by Crippen LogP contribution is -2.56. The first-order valence-electron chi connectivity index (χ1n) is 7.79. The number of ether oxygens (including phenoxy) is 4. The lowest BCUT2D eigenvalue weighted by Gasteiger charge is -2.39. The normalized spacial score (nSPS) is 35.5. The van der Waals surface area contributed by atoms with Crippen molar-refractivity contribution in [1.82, 2.24) is 4.98 Å². The number of rotatable bonds is 2. The van der Waals surface area contributed by atoms with Crippen molar-refractivity contribution in [3.05, 3.63) is 23.9 Å². The predicted octanol–water partition coefficient (Wildman–Crippen LogP) is 3.18. The summed E-state index contributed by atoms with van der Waals surface area (Å²) >= 11 is 0. The zero-order valence-corrected chi connectivity index (χ0v) is 13.8. The number of nitrogens with zero attached hydrogens (tertiary/aromatic N) is 1. The molecule has 0 spiro atoms. The van der Waals surface area contributed by atoms with Crippen LogP contribution in [0.4, 0.5) is 13.2 Å². The van der Waals surface area contributed by atoms with Crippen molar-refractivity contribution in [1.29, 1.82) is 0 Å². The number of pyridine rings is 1. The Kier molecular flexibility index (Phi) is 4.26. The molecule has 2 fully saturated rings. The van der Waals surface area contributed by atoms with Gasteiger partial charge in [0.15, 0.2) is 11.9 Å². The first-order chi connectivity index (χ1) is 11.1. The minimum absolute atomic E-state index is 0.119. The Bertz CT molecular complexity index is 607. The van der Waals surface area contributed by atoms with Crippen LogP contribution in [0.1, 0.15) is 33.4 Å². The fraction of sp³-hybridized carbons (Fsp3) is 0.688. The summed E-state index contributed by atoms with van der Waals surface area (Å²) in [5.74, 6) is -0.924. The molecule has 5 atom stereocenters. The van der Waals surface area contributed by atoms with E-state index in [0.29, 0.717) is 0 Å². The lowest BCUT2D eigenvalue weighted by atomic mass is 9.96. The van der Waals surface area contributed by atoms with E-state index >= 15 is 0 Å². The van der Waals surface area contributed by atoms with Crippen LogP contribution in [0.2, 0.25) is 0 Å². The van der Waals surface area contributed by atoms with Crippen LogP contribution in [-0.2, 0) is 20.4 Å². The summed E-state index contributed by atoms with van der Waals surface area (Å²) in [4.78, 5) is 3.54. The van der Waals surface area contributed by atoms with Crippen LogP contribution in [0.15, 0.2) is 18.2 Å². The molecule has 134 valence electrons. The highest BCUT2D eigenvalue weighted by molar-refractivity contribution is 5.18. The number of fused-ring (bicyclic) bond motifs is 1. The van der Waals surface area contributed by atoms with Crippen LogP contribution >= 0.6 is 0 Å². The summed E-state index contributed by atoms with van der Waals surface area (Å²) < 4.78 is 61.7. The molecule has 3 heterocycles. The zero-order chi connectivity index (χ0) is 17.7. The maximum atomic E-state index is 12.8. The molecule has 1 aromatic rings. The van der Waals surface area contributed by atoms with Crippen LogP contribution in [0.25, 0.3) is 0 Å². The molecule has 0 saturated carbocycles. The molecule has 24 heavy (non-hydrogen) atoms. The predicted molar refractivity (Wildman–Crippen MR) is 77.5 cm³/mol. The molecule has 0 radical (unpaired) electrons. The number of halogens is 3. The molecule has 0 aliphatic carbocycles. The highest BCUT2D eigenvalue weighted by Crippen LogP contribution is 2.39. The molecule has 2 aliphatic rings. The van der Waals surface area contributed by atoms with Crippen molar-refractivity contribution >= 4 is 0 Å². The van der Waals surface area contributed by atoms with Gasteiger partial charge in [-0.25, -0.2) is 4.98 Å². The van der Waals surface area contributed by atoms with Crippen LogP contribution in [0, 0.1) is 0 Å². The number of alkyl halides is 3. The van der Waals surface area contributed by atoms with Gasteiger partial charge in [-0.3, -0.25) is 0 Å². The van der Waals surface area contributed by atoms with Crippen LogP contribution in [-0.4, -0.2) is 41.3 Å². The molecular weight excluding hydrogens is 327 g/mol. The van der Waals surface area contributed by atoms with Crippen molar-refractivity contribution in [2.75, 3.05) is 0 Å². The van der Waals surface area contributed by atoms with Crippen molar-refractivity contribution in [2.45, 2.75) is 70.2 Å². The molecular formula is C16H20F3NO4. The molecule has 2 saturated heterocycles. The second kappa shape index (κ2) is 5.86. The van der Waals surface area contributed by atoms with E-state index in [1.807, 2.05) is 6.92 Å². The molecule has 3 rings (SSSR count). The third-order valence-corrected chi connectivity index (χ3v) is 4.11. The fourth-order valence-corrected chi connectivity index (χ4v) is 3.14. The average Bonchev–Trinajstić information content (AvgIpc) is 2.79. The summed E-state index contributed by atoms with van der Waals surface area (Å²) in [7, 11) is 0. The number of aromatic nitrogens is 1. The van der Waals surface area contributed by atoms with Crippen molar-refractivity contribution in [3.8, 4) is 5.88 Å². The Morgan fingerprint density at radius 2 is 1.75 bits per heavy atom. The molecule has 0 unspecified atom stereocenters. The van der Waals surface area contributed by atoms with Gasteiger partial charge in [0.05, 0.1) is 12.2 Å². The van der Waals surface area contributed by atoms with Gasteiger partial charge in [0.1, 0.15) is 17.9 Å². The number of hydrogen-bond acceptors (Lipinski definition) is 5. The molecule has 0 bridgehead atoms. The first-order valence-corrected chi connectivity index (χ1v) is 7.79. The summed E-state index contributed by atoms with van der Waals surface area (Å²) in [6, 6.07) is 3.54. The SMILES string of the molecule is C[C@H]1O[C@H](C)[C@@H]2OC(C)(C)O[C@@H]2[C@H]1Oc1cccc(C(F)(F)F)n1. The summed E-state index contributed by atoms with van der Waals surface area (Å²) in [5.41, 5.74) is -1.00. The molecule has 0 amide bonds. The maximum Gasteiger partial charge on any atom is 0.433 e. The summed E-state index contributed by atoms with van der Waals surface area (Å²) in [6.07, 6.45) is -6.54. The van der Waals surface area contributed by atoms with E-state index in [1.165, 1.54) is 12.1 Å². The first kappa shape index (κ1) is 17.4. The Hall–Kier alpha value is -1.38. The molecule has 5 nitrogen and oxygen atoms in total. The van der Waals surface area contributed by atoms with E-state index in [-0.39, 0.29) is 24.2 Å². The highest BCUT2D eigenvalue weighted by Gasteiger charge is 2.54. The third-order valence-electron chi connectivity index (χ3n) is 4.11. The van der Waals surface area contributed by atoms with Gasteiger partial charge in [-0.2, -0.15) is 13.2 Å². The minimum Gasteiger partial charge on any atom is -0.469 e. The lowest BCUT2D eigenvalue weighted by molar-refractivity contribution is -0.168. The Morgan fingerprint density at radius 1 is 1.08 bits per heavy atom. The van der Waals surface area contributed by atoms with Crippen LogP contribution in [0.3, 0.4) is 0 Å². The second-order valence-electron chi connectivity index (χ2n) is 6.55. The van der Waals surface area contributed by atoms with Crippen molar-refractivity contribution in [2.24, 2.45) is 0 Å². The Labute approximate surface area is 138 Å². The van der Waals surface area contributed by atoms with Gasteiger partial charge in [0.25, 0.3) is 0 Å². The van der Waals surface area contributed by atoms with Gasteiger partial charge < -0.3 is 18.9 Å². The smallest absolute Gasteiger partial charge is 0.433 e. The monoisotopic (exact) mass is 347 g/mol. The van der Waals surface area contributed by atoms with Gasteiger partial charge in [0.2, 0.25) is 5.88 Å². The average molecular weight is 347 g/mol. The quantitative estimate of drug-likeness (QED) is 0.822. The molecule has 8 heteroatoms. The number of hydrogen-bond donors (Lipinski definition) is 0. The van der Waals surface area contributed by atoms with E-state index < -0.39 is 29.9 Å². The fourth-order valence-electron chi connectivity index (χ4n) is 3.14. The van der Waals surface area contributed by atoms with Gasteiger partial charge in [0, 0.05) is 6.07 Å². The van der Waals surface area contributed by atoms with Crippen LogP contribution < -0.4 is 4.74 Å².